The Morgan fingerprint density at radius 3 is 2.68 bits per heavy atom. The molecule has 0 bridgehead atoms. The van der Waals surface area contributed by atoms with E-state index in [4.69, 9.17) is 9.47 Å². The molecule has 1 heterocycles. The Bertz CT molecular complexity index is 486. The van der Waals surface area contributed by atoms with Crippen LogP contribution in [0.15, 0.2) is 24.3 Å². The maximum Gasteiger partial charge on any atom is 0.328 e. The summed E-state index contributed by atoms with van der Waals surface area (Å²) in [5.74, 6) is -0.0332. The van der Waals surface area contributed by atoms with Crippen LogP contribution < -0.4 is 4.74 Å². The number of nitrogens with zero attached hydrogens (tertiary/aromatic N) is 1. The maximum atomic E-state index is 12.5. The molecule has 102 valence electrons. The van der Waals surface area contributed by atoms with Crippen LogP contribution in [0.25, 0.3) is 0 Å². The van der Waals surface area contributed by atoms with Gasteiger partial charge in [-0.25, -0.2) is 4.79 Å². The fourth-order valence-corrected chi connectivity index (χ4v) is 2.37. The van der Waals surface area contributed by atoms with E-state index in [1.165, 1.54) is 14.2 Å². The molecule has 5 nitrogen and oxygen atoms in total. The molecule has 0 N–H and O–H groups in total. The third-order valence-corrected chi connectivity index (χ3v) is 3.32. The summed E-state index contributed by atoms with van der Waals surface area (Å²) in [6.45, 7) is 0.566. The maximum absolute atomic E-state index is 12.5. The van der Waals surface area contributed by atoms with Crippen LogP contribution >= 0.6 is 0 Å². The summed E-state index contributed by atoms with van der Waals surface area (Å²) in [7, 11) is 2.86. The smallest absolute Gasteiger partial charge is 0.328 e. The number of amides is 1. The van der Waals surface area contributed by atoms with Gasteiger partial charge in [0.25, 0.3) is 5.91 Å². The number of benzene rings is 1. The highest BCUT2D eigenvalue weighted by Gasteiger charge is 2.36. The standard InChI is InChI=1S/C14H17NO4/c1-18-12-8-4-3-6-10(12)13(16)15-9-5-7-11(15)14(17)19-2/h3-4,6,8,11H,5,7,9H2,1-2H3/t11-/m0/s1. The molecule has 0 radical (unpaired) electrons. The minimum Gasteiger partial charge on any atom is -0.496 e. The van der Waals surface area contributed by atoms with Crippen LogP contribution in [0.1, 0.15) is 23.2 Å². The van der Waals surface area contributed by atoms with Gasteiger partial charge in [-0.05, 0) is 25.0 Å². The van der Waals surface area contributed by atoms with Gasteiger partial charge in [-0.1, -0.05) is 12.1 Å². The van der Waals surface area contributed by atoms with Crippen molar-refractivity contribution < 1.29 is 19.1 Å². The molecule has 0 aromatic heterocycles. The molecule has 1 aromatic carbocycles. The number of hydrogen-bond acceptors (Lipinski definition) is 4. The Morgan fingerprint density at radius 1 is 1.26 bits per heavy atom. The molecule has 0 spiro atoms. The van der Waals surface area contributed by atoms with Crippen molar-refractivity contribution in [1.29, 1.82) is 0 Å². The van der Waals surface area contributed by atoms with Crippen LogP contribution in [-0.4, -0.2) is 43.6 Å². The van der Waals surface area contributed by atoms with E-state index in [1.807, 2.05) is 0 Å². The Morgan fingerprint density at radius 2 is 2.00 bits per heavy atom. The first-order chi connectivity index (χ1) is 9.19. The summed E-state index contributed by atoms with van der Waals surface area (Å²) in [4.78, 5) is 25.7. The molecule has 1 aromatic rings. The van der Waals surface area contributed by atoms with Crippen molar-refractivity contribution in [1.82, 2.24) is 4.90 Å². The number of carbonyl (C=O) groups is 2. The van der Waals surface area contributed by atoms with Gasteiger partial charge in [-0.2, -0.15) is 0 Å². The van der Waals surface area contributed by atoms with Gasteiger partial charge in [0, 0.05) is 6.54 Å². The van der Waals surface area contributed by atoms with E-state index in [-0.39, 0.29) is 11.9 Å². The molecule has 19 heavy (non-hydrogen) atoms. The van der Waals surface area contributed by atoms with E-state index in [2.05, 4.69) is 0 Å². The first kappa shape index (κ1) is 13.4. The van der Waals surface area contributed by atoms with E-state index in [1.54, 1.807) is 29.2 Å². The van der Waals surface area contributed by atoms with E-state index in [0.717, 1.165) is 6.42 Å². The van der Waals surface area contributed by atoms with Gasteiger partial charge in [0.1, 0.15) is 11.8 Å². The fraction of sp³-hybridized carbons (Fsp3) is 0.429. The van der Waals surface area contributed by atoms with Crippen LogP contribution in [0, 0.1) is 0 Å². The van der Waals surface area contributed by atoms with Crippen molar-refractivity contribution in [3.05, 3.63) is 29.8 Å². The topological polar surface area (TPSA) is 55.8 Å². The lowest BCUT2D eigenvalue weighted by atomic mass is 10.1. The van der Waals surface area contributed by atoms with Crippen LogP contribution in [0.3, 0.4) is 0 Å². The molecule has 1 fully saturated rings. The number of methoxy groups -OCH3 is 2. The van der Waals surface area contributed by atoms with Crippen LogP contribution in [-0.2, 0) is 9.53 Å². The molecule has 2 rings (SSSR count). The van der Waals surface area contributed by atoms with E-state index >= 15 is 0 Å². The largest absolute Gasteiger partial charge is 0.496 e. The van der Waals surface area contributed by atoms with Gasteiger partial charge in [0.2, 0.25) is 0 Å². The number of carbonyl (C=O) groups excluding carboxylic acids is 2. The zero-order chi connectivity index (χ0) is 13.8. The molecule has 1 atom stereocenters. The minimum atomic E-state index is -0.484. The summed E-state index contributed by atoms with van der Waals surface area (Å²) in [6.07, 6.45) is 1.45. The second-order valence-electron chi connectivity index (χ2n) is 4.38. The molecule has 1 aliphatic rings. The van der Waals surface area contributed by atoms with Crippen LogP contribution in [0.4, 0.5) is 0 Å². The molecule has 0 saturated carbocycles. The monoisotopic (exact) mass is 263 g/mol. The quantitative estimate of drug-likeness (QED) is 0.775. The van der Waals surface area contributed by atoms with Crippen molar-refractivity contribution in [3.8, 4) is 5.75 Å². The molecule has 1 aliphatic heterocycles. The highest BCUT2D eigenvalue weighted by atomic mass is 16.5. The van der Waals surface area contributed by atoms with Gasteiger partial charge < -0.3 is 14.4 Å². The van der Waals surface area contributed by atoms with Gasteiger partial charge in [-0.3, -0.25) is 4.79 Å². The third-order valence-electron chi connectivity index (χ3n) is 3.32. The van der Waals surface area contributed by atoms with Crippen LogP contribution in [0.2, 0.25) is 0 Å². The normalized spacial score (nSPS) is 18.2. The van der Waals surface area contributed by atoms with E-state index < -0.39 is 6.04 Å². The second-order valence-corrected chi connectivity index (χ2v) is 4.38. The molecule has 0 unspecified atom stereocenters. The Hall–Kier alpha value is -2.04. The average Bonchev–Trinajstić information content (AvgIpc) is 2.95. The predicted octanol–water partition coefficient (Wildman–Crippen LogP) is 1.47. The number of ether oxygens (including phenoxy) is 2. The van der Waals surface area contributed by atoms with Gasteiger partial charge in [-0.15, -0.1) is 0 Å². The van der Waals surface area contributed by atoms with Gasteiger partial charge in [0.15, 0.2) is 0 Å². The molecule has 5 heteroatoms. The molecule has 0 aliphatic carbocycles. The van der Waals surface area contributed by atoms with E-state index in [9.17, 15) is 9.59 Å². The first-order valence-electron chi connectivity index (χ1n) is 6.21. The van der Waals surface area contributed by atoms with E-state index in [0.29, 0.717) is 24.3 Å². The molecular weight excluding hydrogens is 246 g/mol. The third kappa shape index (κ3) is 2.54. The summed E-state index contributed by atoms with van der Waals surface area (Å²) in [5.41, 5.74) is 0.473. The molecular formula is C14H17NO4. The second kappa shape index (κ2) is 5.73. The minimum absolute atomic E-state index is 0.189. The molecule has 1 saturated heterocycles. The van der Waals surface area contributed by atoms with Crippen molar-refractivity contribution in [3.63, 3.8) is 0 Å². The SMILES string of the molecule is COC(=O)[C@@H]1CCCN1C(=O)c1ccccc1OC. The number of para-hydroxylation sites is 1. The Balaban J connectivity index is 2.26. The van der Waals surface area contributed by atoms with Crippen molar-refractivity contribution in [2.24, 2.45) is 0 Å². The lowest BCUT2D eigenvalue weighted by Gasteiger charge is -2.23. The Labute approximate surface area is 112 Å². The Kier molecular flexibility index (Phi) is 4.04. The summed E-state index contributed by atoms with van der Waals surface area (Å²) in [5, 5.41) is 0. The van der Waals surface area contributed by atoms with Crippen LogP contribution in [0.5, 0.6) is 5.75 Å². The number of rotatable bonds is 3. The summed E-state index contributed by atoms with van der Waals surface area (Å²) in [6, 6.07) is 6.53. The zero-order valence-electron chi connectivity index (χ0n) is 11.1. The first-order valence-corrected chi connectivity index (χ1v) is 6.21. The van der Waals surface area contributed by atoms with Gasteiger partial charge in [0.05, 0.1) is 19.8 Å². The van der Waals surface area contributed by atoms with Crippen molar-refractivity contribution in [2.75, 3.05) is 20.8 Å². The number of esters is 1. The number of likely N-dealkylation sites (tertiary alicyclic amines) is 1. The average molecular weight is 263 g/mol. The predicted molar refractivity (Wildman–Crippen MR) is 69.1 cm³/mol. The summed E-state index contributed by atoms with van der Waals surface area (Å²) < 4.78 is 9.93. The fourth-order valence-electron chi connectivity index (χ4n) is 2.37. The highest BCUT2D eigenvalue weighted by molar-refractivity contribution is 5.99. The van der Waals surface area contributed by atoms with Crippen molar-refractivity contribution >= 4 is 11.9 Å². The van der Waals surface area contributed by atoms with Gasteiger partial charge >= 0.3 is 5.97 Å². The molecule has 1 amide bonds. The zero-order valence-corrected chi connectivity index (χ0v) is 11.1. The summed E-state index contributed by atoms with van der Waals surface area (Å²) >= 11 is 0. The van der Waals surface area contributed by atoms with Crippen molar-refractivity contribution in [2.45, 2.75) is 18.9 Å². The number of hydrogen-bond donors (Lipinski definition) is 0. The highest BCUT2D eigenvalue weighted by Crippen LogP contribution is 2.25. The lowest BCUT2D eigenvalue weighted by molar-refractivity contribution is -0.145. The lowest BCUT2D eigenvalue weighted by Crippen LogP contribution is -2.41.